The molecule has 3 aromatic rings. The van der Waals surface area contributed by atoms with Gasteiger partial charge < -0.3 is 9.84 Å². The monoisotopic (exact) mass is 479 g/mol. The SMILES string of the molecule is Cc1cccc(C)c1NC(=O)[C@H]1CCCN(S(=O)(=O)c2c(C)noc2/C=C/c2ccccc2)C1. The third kappa shape index (κ3) is 4.98. The van der Waals surface area contributed by atoms with Gasteiger partial charge in [0.15, 0.2) is 10.7 Å². The summed E-state index contributed by atoms with van der Waals surface area (Å²) in [4.78, 5) is 13.1. The van der Waals surface area contributed by atoms with Gasteiger partial charge in [0.1, 0.15) is 5.69 Å². The second-order valence-electron chi connectivity index (χ2n) is 8.66. The van der Waals surface area contributed by atoms with Crippen LogP contribution in [0.3, 0.4) is 0 Å². The van der Waals surface area contributed by atoms with Crippen molar-refractivity contribution in [3.63, 3.8) is 0 Å². The lowest BCUT2D eigenvalue weighted by atomic mass is 9.98. The van der Waals surface area contributed by atoms with E-state index in [0.29, 0.717) is 25.1 Å². The Kier molecular flexibility index (Phi) is 7.00. The minimum absolute atomic E-state index is 0.0514. The van der Waals surface area contributed by atoms with E-state index in [1.807, 2.05) is 62.4 Å². The van der Waals surface area contributed by atoms with Gasteiger partial charge in [-0.2, -0.15) is 4.31 Å². The first-order valence-electron chi connectivity index (χ1n) is 11.3. The van der Waals surface area contributed by atoms with E-state index in [0.717, 1.165) is 22.4 Å². The molecule has 1 fully saturated rings. The van der Waals surface area contributed by atoms with Gasteiger partial charge in [-0.05, 0) is 56.4 Å². The summed E-state index contributed by atoms with van der Waals surface area (Å²) in [5.74, 6) is -0.419. The van der Waals surface area contributed by atoms with Crippen LogP contribution >= 0.6 is 0 Å². The van der Waals surface area contributed by atoms with Gasteiger partial charge in [-0.25, -0.2) is 8.42 Å². The molecule has 34 heavy (non-hydrogen) atoms. The minimum Gasteiger partial charge on any atom is -0.355 e. The van der Waals surface area contributed by atoms with Crippen LogP contribution in [0.5, 0.6) is 0 Å². The summed E-state index contributed by atoms with van der Waals surface area (Å²) < 4.78 is 33.9. The number of carbonyl (C=O) groups is 1. The summed E-state index contributed by atoms with van der Waals surface area (Å²) in [6, 6.07) is 15.4. The van der Waals surface area contributed by atoms with E-state index in [2.05, 4.69) is 10.5 Å². The molecule has 0 radical (unpaired) electrons. The smallest absolute Gasteiger partial charge is 0.248 e. The minimum atomic E-state index is -3.89. The van der Waals surface area contributed by atoms with Gasteiger partial charge in [-0.3, -0.25) is 4.79 Å². The third-order valence-electron chi connectivity index (χ3n) is 6.14. The molecule has 0 aliphatic carbocycles. The van der Waals surface area contributed by atoms with Crippen molar-refractivity contribution in [2.24, 2.45) is 5.92 Å². The normalized spacial score (nSPS) is 17.2. The van der Waals surface area contributed by atoms with E-state index in [9.17, 15) is 13.2 Å². The predicted octanol–water partition coefficient (Wildman–Crippen LogP) is 4.81. The zero-order valence-electron chi connectivity index (χ0n) is 19.6. The molecule has 0 spiro atoms. The predicted molar refractivity (Wildman–Crippen MR) is 133 cm³/mol. The Balaban J connectivity index is 1.55. The third-order valence-corrected chi connectivity index (χ3v) is 8.17. The van der Waals surface area contributed by atoms with Crippen LogP contribution in [0.1, 0.15) is 41.0 Å². The molecule has 1 N–H and O–H groups in total. The molecular weight excluding hydrogens is 450 g/mol. The highest BCUT2D eigenvalue weighted by molar-refractivity contribution is 7.89. The van der Waals surface area contributed by atoms with Gasteiger partial charge in [0.25, 0.3) is 0 Å². The standard InChI is InChI=1S/C26H29N3O4S/c1-18-9-7-10-19(2)24(18)27-26(30)22-13-8-16-29(17-22)34(31,32)25-20(3)28-33-23(25)15-14-21-11-5-4-6-12-21/h4-7,9-12,14-15,22H,8,13,16-17H2,1-3H3,(H,27,30)/b15-14+/t22-/m0/s1. The molecule has 0 unspecified atom stereocenters. The molecule has 0 bridgehead atoms. The van der Waals surface area contributed by atoms with Crippen molar-refractivity contribution in [3.8, 4) is 0 Å². The Morgan fingerprint density at radius 2 is 1.76 bits per heavy atom. The van der Waals surface area contributed by atoms with Crippen molar-refractivity contribution >= 4 is 33.8 Å². The molecule has 1 aliphatic heterocycles. The lowest BCUT2D eigenvalue weighted by Crippen LogP contribution is -2.44. The number of hydrogen-bond acceptors (Lipinski definition) is 5. The fourth-order valence-corrected chi connectivity index (χ4v) is 6.05. The van der Waals surface area contributed by atoms with Crippen LogP contribution in [-0.2, 0) is 14.8 Å². The average Bonchev–Trinajstić information content (AvgIpc) is 3.22. The van der Waals surface area contributed by atoms with Crippen LogP contribution in [0, 0.1) is 26.7 Å². The van der Waals surface area contributed by atoms with Gasteiger partial charge in [0.2, 0.25) is 15.9 Å². The van der Waals surface area contributed by atoms with Crippen LogP contribution in [-0.4, -0.2) is 36.9 Å². The van der Waals surface area contributed by atoms with Crippen molar-refractivity contribution < 1.29 is 17.7 Å². The van der Waals surface area contributed by atoms with Crippen LogP contribution in [0.2, 0.25) is 0 Å². The number of nitrogens with zero attached hydrogens (tertiary/aromatic N) is 2. The number of amides is 1. The lowest BCUT2D eigenvalue weighted by Gasteiger charge is -2.31. The van der Waals surface area contributed by atoms with Crippen LogP contribution < -0.4 is 5.32 Å². The van der Waals surface area contributed by atoms with E-state index in [-0.39, 0.29) is 23.1 Å². The average molecular weight is 480 g/mol. The molecule has 1 aromatic heterocycles. The zero-order valence-corrected chi connectivity index (χ0v) is 20.4. The lowest BCUT2D eigenvalue weighted by molar-refractivity contribution is -0.120. The first-order valence-corrected chi connectivity index (χ1v) is 12.8. The van der Waals surface area contributed by atoms with Gasteiger partial charge in [0, 0.05) is 18.8 Å². The van der Waals surface area contributed by atoms with E-state index in [1.54, 1.807) is 19.1 Å². The summed E-state index contributed by atoms with van der Waals surface area (Å²) in [7, 11) is -3.89. The highest BCUT2D eigenvalue weighted by Crippen LogP contribution is 2.30. The van der Waals surface area contributed by atoms with Crippen molar-refractivity contribution in [3.05, 3.63) is 76.7 Å². The van der Waals surface area contributed by atoms with Gasteiger partial charge >= 0.3 is 0 Å². The highest BCUT2D eigenvalue weighted by Gasteiger charge is 2.37. The summed E-state index contributed by atoms with van der Waals surface area (Å²) in [5.41, 5.74) is 3.96. The molecule has 0 saturated carbocycles. The maximum atomic E-state index is 13.6. The summed E-state index contributed by atoms with van der Waals surface area (Å²) in [5, 5.41) is 6.92. The van der Waals surface area contributed by atoms with E-state index >= 15 is 0 Å². The number of sulfonamides is 1. The van der Waals surface area contributed by atoms with Crippen molar-refractivity contribution in [1.29, 1.82) is 0 Å². The Bertz CT molecular complexity index is 1290. The second-order valence-corrected chi connectivity index (χ2v) is 10.5. The molecule has 1 aliphatic rings. The molecule has 1 saturated heterocycles. The molecule has 1 atom stereocenters. The Labute approximate surface area is 200 Å². The summed E-state index contributed by atoms with van der Waals surface area (Å²) in [6.07, 6.45) is 4.64. The Hall–Kier alpha value is -3.23. The quantitative estimate of drug-likeness (QED) is 0.548. The first-order chi connectivity index (χ1) is 16.3. The number of nitrogens with one attached hydrogen (secondary N) is 1. The number of anilines is 1. The van der Waals surface area contributed by atoms with Crippen molar-refractivity contribution in [2.75, 3.05) is 18.4 Å². The fraction of sp³-hybridized carbons (Fsp3) is 0.308. The maximum Gasteiger partial charge on any atom is 0.248 e. The van der Waals surface area contributed by atoms with Gasteiger partial charge in [-0.1, -0.05) is 59.8 Å². The fourth-order valence-electron chi connectivity index (χ4n) is 4.28. The topological polar surface area (TPSA) is 92.5 Å². The summed E-state index contributed by atoms with van der Waals surface area (Å²) >= 11 is 0. The van der Waals surface area contributed by atoms with Crippen LogP contribution in [0.15, 0.2) is 57.9 Å². The first kappa shape index (κ1) is 23.9. The molecule has 1 amide bonds. The number of hydrogen-bond donors (Lipinski definition) is 1. The molecule has 178 valence electrons. The number of aromatic nitrogens is 1. The zero-order chi connectivity index (χ0) is 24.3. The summed E-state index contributed by atoms with van der Waals surface area (Å²) in [6.45, 7) is 5.97. The number of para-hydroxylation sites is 1. The van der Waals surface area contributed by atoms with Crippen LogP contribution in [0.4, 0.5) is 5.69 Å². The van der Waals surface area contributed by atoms with Crippen LogP contribution in [0.25, 0.3) is 12.2 Å². The molecule has 4 rings (SSSR count). The second kappa shape index (κ2) is 9.95. The van der Waals surface area contributed by atoms with E-state index in [4.69, 9.17) is 4.52 Å². The number of aryl methyl sites for hydroxylation is 3. The van der Waals surface area contributed by atoms with Gasteiger partial charge in [-0.15, -0.1) is 0 Å². The van der Waals surface area contributed by atoms with E-state index < -0.39 is 15.9 Å². The molecule has 2 aromatic carbocycles. The number of carbonyl (C=O) groups excluding carboxylic acids is 1. The molecule has 8 heteroatoms. The Morgan fingerprint density at radius 3 is 2.47 bits per heavy atom. The molecule has 2 heterocycles. The highest BCUT2D eigenvalue weighted by atomic mass is 32.2. The number of piperidine rings is 1. The Morgan fingerprint density at radius 1 is 1.06 bits per heavy atom. The van der Waals surface area contributed by atoms with E-state index in [1.165, 1.54) is 4.31 Å². The largest absolute Gasteiger partial charge is 0.355 e. The van der Waals surface area contributed by atoms with Crippen molar-refractivity contribution in [1.82, 2.24) is 9.46 Å². The maximum absolute atomic E-state index is 13.6. The van der Waals surface area contributed by atoms with Crippen molar-refractivity contribution in [2.45, 2.75) is 38.5 Å². The number of rotatable bonds is 6. The molecule has 7 nitrogen and oxygen atoms in total. The molecular formula is C26H29N3O4S. The van der Waals surface area contributed by atoms with Gasteiger partial charge in [0.05, 0.1) is 5.92 Å². The number of benzene rings is 2.